The van der Waals surface area contributed by atoms with Gasteiger partial charge in [-0.3, -0.25) is 9.59 Å². The number of benzene rings is 3. The van der Waals surface area contributed by atoms with Crippen LogP contribution in [0.25, 0.3) is 22.3 Å². The van der Waals surface area contributed by atoms with Crippen LogP contribution in [0.5, 0.6) is 0 Å². The summed E-state index contributed by atoms with van der Waals surface area (Å²) < 4.78 is 38.2. The van der Waals surface area contributed by atoms with Gasteiger partial charge in [-0.25, -0.2) is 8.42 Å². The zero-order valence-electron chi connectivity index (χ0n) is 24.1. The second-order valence-electron chi connectivity index (χ2n) is 10.2. The van der Waals surface area contributed by atoms with Crippen molar-refractivity contribution in [1.29, 1.82) is 0 Å². The Morgan fingerprint density at radius 1 is 0.929 bits per heavy atom. The van der Waals surface area contributed by atoms with E-state index in [0.717, 1.165) is 60.0 Å². The number of furan rings is 1. The summed E-state index contributed by atoms with van der Waals surface area (Å²) in [7, 11) is -4.39. The number of unbranched alkanes of at least 4 members (excludes halogenated alkanes) is 3. The maximum Gasteiger partial charge on any atom is 1.00 e. The fourth-order valence-corrected chi connectivity index (χ4v) is 5.05. The number of amides is 2. The molecule has 4 aromatic rings. The summed E-state index contributed by atoms with van der Waals surface area (Å²) in [6, 6.07) is 24.3. The van der Waals surface area contributed by atoms with E-state index < -0.39 is 21.8 Å². The molecule has 0 aliphatic heterocycles. The Morgan fingerprint density at radius 3 is 2.31 bits per heavy atom. The first kappa shape index (κ1) is 33.6. The Labute approximate surface area is 269 Å². The first-order valence-electron chi connectivity index (χ1n) is 13.9. The van der Waals surface area contributed by atoms with Crippen molar-refractivity contribution in [3.63, 3.8) is 0 Å². The molecule has 8 nitrogen and oxygen atoms in total. The zero-order chi connectivity index (χ0) is 29.2. The molecule has 1 heterocycles. The van der Waals surface area contributed by atoms with Gasteiger partial charge in [-0.1, -0.05) is 62.9 Å². The fourth-order valence-electron chi connectivity index (χ4n) is 4.70. The third-order valence-electron chi connectivity index (χ3n) is 6.98. The van der Waals surface area contributed by atoms with Crippen LogP contribution in [0.2, 0.25) is 0 Å². The predicted molar refractivity (Wildman–Crippen MR) is 160 cm³/mol. The Kier molecular flexibility index (Phi) is 12.8. The van der Waals surface area contributed by atoms with Crippen LogP contribution in [0.15, 0.2) is 83.3 Å². The third kappa shape index (κ3) is 10.1. The van der Waals surface area contributed by atoms with Gasteiger partial charge in [0.25, 0.3) is 5.91 Å². The molecule has 1 unspecified atom stereocenters. The molecule has 2 N–H and O–H groups in total. The molecule has 0 fully saturated rings. The Bertz CT molecular complexity index is 1530. The van der Waals surface area contributed by atoms with Gasteiger partial charge in [-0.05, 0) is 66.9 Å². The molecule has 216 valence electrons. The van der Waals surface area contributed by atoms with E-state index in [1.54, 1.807) is 24.3 Å². The standard InChI is InChI=1S/C32H36N2O6S.Na/c1-2-3-4-5-9-27(21-23-11-13-25(14-12-23)31(35)33-19-20-41(37,38)39)32(36)34-28-17-15-24(16-18-28)30-22-26-8-6-7-10-29(26)40-30;/h6-8,10-18,22,27H,2-5,9,19-21H2,1H3,(H,33,35)(H,34,36)(H,37,38,39);/q;+1/p-1. The average Bonchev–Trinajstić information content (AvgIpc) is 3.39. The number of anilines is 1. The van der Waals surface area contributed by atoms with Crippen LogP contribution in [0.1, 0.15) is 54.9 Å². The fraction of sp³-hybridized carbons (Fsp3) is 0.312. The number of carbonyl (C=O) groups is 2. The van der Waals surface area contributed by atoms with Gasteiger partial charge < -0.3 is 19.6 Å². The monoisotopic (exact) mass is 598 g/mol. The van der Waals surface area contributed by atoms with E-state index in [9.17, 15) is 22.6 Å². The van der Waals surface area contributed by atoms with Crippen molar-refractivity contribution in [2.24, 2.45) is 5.92 Å². The van der Waals surface area contributed by atoms with Gasteiger partial charge in [-0.2, -0.15) is 0 Å². The quantitative estimate of drug-likeness (QED) is 0.130. The SMILES string of the molecule is CCCCCCC(Cc1ccc(C(=O)NCCS(=O)(=O)[O-])cc1)C(=O)Nc1ccc(-c2cc3ccccc3o2)cc1.[Na+]. The third-order valence-corrected chi connectivity index (χ3v) is 7.68. The molecule has 0 bridgehead atoms. The Morgan fingerprint density at radius 2 is 1.64 bits per heavy atom. The summed E-state index contributed by atoms with van der Waals surface area (Å²) in [5.74, 6) is -0.651. The van der Waals surface area contributed by atoms with Crippen LogP contribution in [0.4, 0.5) is 5.69 Å². The molecule has 0 saturated carbocycles. The largest absolute Gasteiger partial charge is 1.00 e. The Hall–Kier alpha value is -2.95. The van der Waals surface area contributed by atoms with Crippen molar-refractivity contribution in [2.75, 3.05) is 17.6 Å². The van der Waals surface area contributed by atoms with Crippen molar-refractivity contribution >= 4 is 38.6 Å². The number of fused-ring (bicyclic) bond motifs is 1. The van der Waals surface area contributed by atoms with E-state index in [1.165, 1.54) is 0 Å². The topological polar surface area (TPSA) is 129 Å². The smallest absolute Gasteiger partial charge is 0.748 e. The number of rotatable bonds is 14. The second-order valence-corrected chi connectivity index (χ2v) is 11.7. The maximum atomic E-state index is 13.4. The van der Waals surface area contributed by atoms with Crippen LogP contribution >= 0.6 is 0 Å². The second kappa shape index (κ2) is 16.0. The van der Waals surface area contributed by atoms with Gasteiger partial charge in [0.1, 0.15) is 11.3 Å². The van der Waals surface area contributed by atoms with Gasteiger partial charge in [0.05, 0.1) is 15.9 Å². The van der Waals surface area contributed by atoms with Crippen LogP contribution < -0.4 is 40.2 Å². The van der Waals surface area contributed by atoms with Gasteiger partial charge >= 0.3 is 29.6 Å². The van der Waals surface area contributed by atoms with E-state index in [2.05, 4.69) is 17.6 Å². The van der Waals surface area contributed by atoms with Crippen molar-refractivity contribution in [3.05, 3.63) is 90.0 Å². The van der Waals surface area contributed by atoms with Crippen LogP contribution in [0, 0.1) is 5.92 Å². The first-order valence-corrected chi connectivity index (χ1v) is 15.5. The molecule has 1 aromatic heterocycles. The minimum atomic E-state index is -4.39. The normalized spacial score (nSPS) is 12.0. The summed E-state index contributed by atoms with van der Waals surface area (Å²) in [6.45, 7) is 1.90. The molecule has 0 radical (unpaired) electrons. The molecular weight excluding hydrogens is 563 g/mol. The van der Waals surface area contributed by atoms with Crippen molar-refractivity contribution in [2.45, 2.75) is 45.4 Å². The number of para-hydroxylation sites is 1. The molecule has 4 rings (SSSR count). The van der Waals surface area contributed by atoms with E-state index in [1.807, 2.05) is 54.6 Å². The average molecular weight is 599 g/mol. The van der Waals surface area contributed by atoms with E-state index in [-0.39, 0.29) is 47.9 Å². The van der Waals surface area contributed by atoms with Crippen molar-refractivity contribution in [3.8, 4) is 11.3 Å². The van der Waals surface area contributed by atoms with E-state index >= 15 is 0 Å². The molecule has 0 saturated heterocycles. The minimum absolute atomic E-state index is 0. The molecule has 0 aliphatic rings. The predicted octanol–water partition coefficient (Wildman–Crippen LogP) is 3.15. The number of nitrogens with one attached hydrogen (secondary N) is 2. The summed E-state index contributed by atoms with van der Waals surface area (Å²) in [6.07, 6.45) is 5.50. The van der Waals surface area contributed by atoms with Gasteiger partial charge in [0.15, 0.2) is 0 Å². The van der Waals surface area contributed by atoms with Crippen LogP contribution in [-0.4, -0.2) is 37.1 Å². The summed E-state index contributed by atoms with van der Waals surface area (Å²) in [4.78, 5) is 25.6. The minimum Gasteiger partial charge on any atom is -0.748 e. The molecule has 3 aromatic carbocycles. The van der Waals surface area contributed by atoms with Gasteiger partial charge in [0, 0.05) is 34.7 Å². The molecule has 10 heteroatoms. The van der Waals surface area contributed by atoms with Crippen molar-refractivity contribution < 1.29 is 56.5 Å². The van der Waals surface area contributed by atoms with E-state index in [4.69, 9.17) is 4.42 Å². The number of hydrogen-bond donors (Lipinski definition) is 2. The molecule has 2 amide bonds. The molecular formula is C32H35N2NaO6S. The maximum absolute atomic E-state index is 13.4. The van der Waals surface area contributed by atoms with Crippen molar-refractivity contribution in [1.82, 2.24) is 5.32 Å². The Balaban J connectivity index is 0.00000484. The number of carbonyl (C=O) groups excluding carboxylic acids is 2. The van der Waals surface area contributed by atoms with Crippen LogP contribution in [-0.2, 0) is 21.3 Å². The summed E-state index contributed by atoms with van der Waals surface area (Å²) in [5, 5.41) is 6.54. The van der Waals surface area contributed by atoms with Gasteiger partial charge in [-0.15, -0.1) is 0 Å². The van der Waals surface area contributed by atoms with Crippen LogP contribution in [0.3, 0.4) is 0 Å². The zero-order valence-corrected chi connectivity index (χ0v) is 26.9. The van der Waals surface area contributed by atoms with Gasteiger partial charge in [0.2, 0.25) is 5.91 Å². The number of hydrogen-bond acceptors (Lipinski definition) is 6. The van der Waals surface area contributed by atoms with E-state index in [0.29, 0.717) is 17.7 Å². The summed E-state index contributed by atoms with van der Waals surface area (Å²) in [5.41, 5.74) is 3.73. The first-order chi connectivity index (χ1) is 19.7. The molecule has 0 spiro atoms. The summed E-state index contributed by atoms with van der Waals surface area (Å²) >= 11 is 0. The molecule has 1 atom stereocenters. The molecule has 42 heavy (non-hydrogen) atoms. The molecule has 0 aliphatic carbocycles.